The SMILES string of the molecule is CCN(CC)c1ncc(NC2CC2)c2c(F)cc(F)cc12. The minimum absolute atomic E-state index is 0.388. The molecule has 0 saturated heterocycles. The fourth-order valence-electron chi connectivity index (χ4n) is 2.62. The van der Waals surface area contributed by atoms with Gasteiger partial charge < -0.3 is 10.2 Å². The van der Waals surface area contributed by atoms with Gasteiger partial charge in [0, 0.05) is 36.0 Å². The van der Waals surface area contributed by atoms with Crippen molar-refractivity contribution in [3.8, 4) is 0 Å². The van der Waals surface area contributed by atoms with Crippen LogP contribution >= 0.6 is 0 Å². The molecule has 1 N–H and O–H groups in total. The van der Waals surface area contributed by atoms with E-state index in [4.69, 9.17) is 0 Å². The highest BCUT2D eigenvalue weighted by Crippen LogP contribution is 2.35. The molecule has 1 fully saturated rings. The number of rotatable bonds is 5. The summed E-state index contributed by atoms with van der Waals surface area (Å²) in [4.78, 5) is 6.44. The number of halogens is 2. The van der Waals surface area contributed by atoms with E-state index in [1.165, 1.54) is 6.07 Å². The lowest BCUT2D eigenvalue weighted by molar-refractivity contribution is 0.592. The molecule has 3 nitrogen and oxygen atoms in total. The topological polar surface area (TPSA) is 28.2 Å². The number of pyridine rings is 1. The van der Waals surface area contributed by atoms with Crippen molar-refractivity contribution < 1.29 is 8.78 Å². The lowest BCUT2D eigenvalue weighted by Crippen LogP contribution is -2.23. The summed E-state index contributed by atoms with van der Waals surface area (Å²) >= 11 is 0. The Kier molecular flexibility index (Phi) is 3.66. The monoisotopic (exact) mass is 291 g/mol. The summed E-state index contributed by atoms with van der Waals surface area (Å²) in [5.74, 6) is -0.475. The van der Waals surface area contributed by atoms with E-state index in [0.29, 0.717) is 28.3 Å². The van der Waals surface area contributed by atoms with Crippen molar-refractivity contribution in [3.63, 3.8) is 0 Å². The van der Waals surface area contributed by atoms with Gasteiger partial charge in [-0.2, -0.15) is 0 Å². The first-order valence-corrected chi connectivity index (χ1v) is 7.43. The third kappa shape index (κ3) is 2.64. The smallest absolute Gasteiger partial charge is 0.136 e. The summed E-state index contributed by atoms with van der Waals surface area (Å²) in [6, 6.07) is 2.70. The molecule has 0 spiro atoms. The summed E-state index contributed by atoms with van der Waals surface area (Å²) < 4.78 is 28.0. The molecule has 1 aliphatic carbocycles. The molecule has 0 aliphatic heterocycles. The average Bonchev–Trinajstić information content (AvgIpc) is 3.25. The van der Waals surface area contributed by atoms with E-state index < -0.39 is 11.6 Å². The Balaban J connectivity index is 2.21. The Bertz CT molecular complexity index is 664. The molecule has 1 aliphatic rings. The van der Waals surface area contributed by atoms with Crippen LogP contribution in [0.25, 0.3) is 10.8 Å². The Hall–Kier alpha value is -1.91. The third-order valence-corrected chi connectivity index (χ3v) is 3.88. The van der Waals surface area contributed by atoms with Crippen molar-refractivity contribution in [1.82, 2.24) is 4.98 Å². The zero-order valence-corrected chi connectivity index (χ0v) is 12.3. The number of nitrogens with one attached hydrogen (secondary N) is 1. The largest absolute Gasteiger partial charge is 0.380 e. The van der Waals surface area contributed by atoms with Gasteiger partial charge >= 0.3 is 0 Å². The van der Waals surface area contributed by atoms with Gasteiger partial charge in [-0.25, -0.2) is 13.8 Å². The summed E-state index contributed by atoms with van der Waals surface area (Å²) in [7, 11) is 0. The lowest BCUT2D eigenvalue weighted by Gasteiger charge is -2.23. The van der Waals surface area contributed by atoms with E-state index in [1.54, 1.807) is 6.20 Å². The van der Waals surface area contributed by atoms with Gasteiger partial charge in [-0.05, 0) is 32.8 Å². The molecule has 0 atom stereocenters. The first-order valence-electron chi connectivity index (χ1n) is 7.43. The van der Waals surface area contributed by atoms with Gasteiger partial charge in [0.2, 0.25) is 0 Å². The van der Waals surface area contributed by atoms with Crippen molar-refractivity contribution >= 4 is 22.3 Å². The molecule has 0 unspecified atom stereocenters. The number of hydrogen-bond acceptors (Lipinski definition) is 3. The van der Waals surface area contributed by atoms with Crippen LogP contribution in [0, 0.1) is 11.6 Å². The standard InChI is InChI=1S/C16H19F2N3/c1-3-21(4-2)16-12-7-10(17)8-13(18)15(12)14(9-19-16)20-11-5-6-11/h7-9,11,20H,3-6H2,1-2H3. The van der Waals surface area contributed by atoms with Gasteiger partial charge in [-0.15, -0.1) is 0 Å². The van der Waals surface area contributed by atoms with Crippen molar-refractivity contribution in [1.29, 1.82) is 0 Å². The van der Waals surface area contributed by atoms with Gasteiger partial charge in [0.15, 0.2) is 0 Å². The number of fused-ring (bicyclic) bond motifs is 1. The number of hydrogen-bond donors (Lipinski definition) is 1. The van der Waals surface area contributed by atoms with Crippen LogP contribution in [0.4, 0.5) is 20.3 Å². The maximum absolute atomic E-state index is 14.3. The Morgan fingerprint density at radius 3 is 2.57 bits per heavy atom. The highest BCUT2D eigenvalue weighted by atomic mass is 19.1. The maximum atomic E-state index is 14.3. The van der Waals surface area contributed by atoms with Crippen LogP contribution in [0.3, 0.4) is 0 Å². The predicted molar refractivity (Wildman–Crippen MR) is 81.9 cm³/mol. The minimum Gasteiger partial charge on any atom is -0.380 e. The van der Waals surface area contributed by atoms with Gasteiger partial charge in [-0.3, -0.25) is 0 Å². The first kappa shape index (κ1) is 14.0. The summed E-state index contributed by atoms with van der Waals surface area (Å²) in [6.45, 7) is 5.49. The minimum atomic E-state index is -0.571. The highest BCUT2D eigenvalue weighted by molar-refractivity contribution is 6.00. The molecular formula is C16H19F2N3. The second-order valence-electron chi connectivity index (χ2n) is 5.40. The number of anilines is 2. The van der Waals surface area contributed by atoms with Crippen LogP contribution in [0.15, 0.2) is 18.3 Å². The van der Waals surface area contributed by atoms with Crippen molar-refractivity contribution in [2.24, 2.45) is 0 Å². The normalized spacial score (nSPS) is 14.5. The van der Waals surface area contributed by atoms with Gasteiger partial charge in [-0.1, -0.05) is 0 Å². The van der Waals surface area contributed by atoms with Crippen molar-refractivity contribution in [2.45, 2.75) is 32.7 Å². The van der Waals surface area contributed by atoms with Crippen LogP contribution in [0.5, 0.6) is 0 Å². The molecule has 2 aromatic rings. The van der Waals surface area contributed by atoms with Crippen LogP contribution in [0.1, 0.15) is 26.7 Å². The summed E-state index contributed by atoms with van der Waals surface area (Å²) in [6.07, 6.45) is 3.83. The van der Waals surface area contributed by atoms with Crippen LogP contribution in [-0.2, 0) is 0 Å². The van der Waals surface area contributed by atoms with Gasteiger partial charge in [0.1, 0.15) is 17.5 Å². The van der Waals surface area contributed by atoms with E-state index in [0.717, 1.165) is 32.0 Å². The van der Waals surface area contributed by atoms with E-state index in [1.807, 2.05) is 18.7 Å². The van der Waals surface area contributed by atoms with E-state index >= 15 is 0 Å². The lowest BCUT2D eigenvalue weighted by atomic mass is 10.1. The molecule has 112 valence electrons. The molecule has 0 amide bonds. The number of benzene rings is 1. The van der Waals surface area contributed by atoms with Crippen molar-refractivity contribution in [3.05, 3.63) is 30.0 Å². The zero-order valence-electron chi connectivity index (χ0n) is 12.3. The summed E-state index contributed by atoms with van der Waals surface area (Å²) in [5.41, 5.74) is 0.654. The highest BCUT2D eigenvalue weighted by Gasteiger charge is 2.24. The van der Waals surface area contributed by atoms with Gasteiger partial charge in [0.25, 0.3) is 0 Å². The molecule has 0 bridgehead atoms. The molecular weight excluding hydrogens is 272 g/mol. The van der Waals surface area contributed by atoms with E-state index in [2.05, 4.69) is 10.3 Å². The summed E-state index contributed by atoms with van der Waals surface area (Å²) in [5, 5.41) is 4.24. The van der Waals surface area contributed by atoms with Crippen LogP contribution < -0.4 is 10.2 Å². The molecule has 1 aromatic carbocycles. The molecule has 1 saturated carbocycles. The van der Waals surface area contributed by atoms with Crippen LogP contribution in [0.2, 0.25) is 0 Å². The second-order valence-corrected chi connectivity index (χ2v) is 5.40. The molecule has 0 radical (unpaired) electrons. The molecule has 1 heterocycles. The van der Waals surface area contributed by atoms with Crippen LogP contribution in [-0.4, -0.2) is 24.1 Å². The fourth-order valence-corrected chi connectivity index (χ4v) is 2.62. The fraction of sp³-hybridized carbons (Fsp3) is 0.438. The number of nitrogens with zero attached hydrogens (tertiary/aromatic N) is 2. The van der Waals surface area contributed by atoms with E-state index in [-0.39, 0.29) is 0 Å². The predicted octanol–water partition coefficient (Wildman–Crippen LogP) is 3.93. The Morgan fingerprint density at radius 1 is 1.24 bits per heavy atom. The van der Waals surface area contributed by atoms with E-state index in [9.17, 15) is 8.78 Å². The zero-order chi connectivity index (χ0) is 15.0. The van der Waals surface area contributed by atoms with Gasteiger partial charge in [0.05, 0.1) is 11.9 Å². The first-order chi connectivity index (χ1) is 10.1. The van der Waals surface area contributed by atoms with Crippen molar-refractivity contribution in [2.75, 3.05) is 23.3 Å². The molecule has 21 heavy (non-hydrogen) atoms. The third-order valence-electron chi connectivity index (χ3n) is 3.88. The number of aromatic nitrogens is 1. The quantitative estimate of drug-likeness (QED) is 0.904. The maximum Gasteiger partial charge on any atom is 0.136 e. The molecule has 3 rings (SSSR count). The molecule has 1 aromatic heterocycles. The average molecular weight is 291 g/mol. The Labute approximate surface area is 123 Å². The Morgan fingerprint density at radius 2 is 1.95 bits per heavy atom. The molecule has 5 heteroatoms. The second kappa shape index (κ2) is 5.47.